The second kappa shape index (κ2) is 5.74. The van der Waals surface area contributed by atoms with E-state index in [0.29, 0.717) is 0 Å². The van der Waals surface area contributed by atoms with Gasteiger partial charge in [0.15, 0.2) is 11.5 Å². The molecule has 1 heterocycles. The summed E-state index contributed by atoms with van der Waals surface area (Å²) in [7, 11) is 0. The number of carbonyl (C=O) groups excluding carboxylic acids is 2. The van der Waals surface area contributed by atoms with Crippen LogP contribution < -0.4 is 5.43 Å². The molecular formula is C17H16FNO5. The van der Waals surface area contributed by atoms with Crippen molar-refractivity contribution < 1.29 is 23.8 Å². The highest BCUT2D eigenvalue weighted by atomic mass is 19.1. The lowest BCUT2D eigenvalue weighted by Crippen LogP contribution is -2.21. The number of Topliss-reactive ketones (excluding diaryl/α,β-unsaturated/α-hetero) is 1. The molecule has 1 aliphatic carbocycles. The number of phenolic OH excluding ortho intramolecular Hbond substituents is 1. The number of nitrogens with zero attached hydrogens (tertiary/aromatic N) is 1. The van der Waals surface area contributed by atoms with E-state index in [9.17, 15) is 23.9 Å². The van der Waals surface area contributed by atoms with Gasteiger partial charge in [-0.25, -0.2) is 9.18 Å². The van der Waals surface area contributed by atoms with Crippen LogP contribution in [-0.2, 0) is 4.74 Å². The summed E-state index contributed by atoms with van der Waals surface area (Å²) in [5.41, 5.74) is -1.34. The van der Waals surface area contributed by atoms with E-state index in [2.05, 4.69) is 0 Å². The first kappa shape index (κ1) is 16.2. The summed E-state index contributed by atoms with van der Waals surface area (Å²) < 4.78 is 20.6. The molecule has 1 aliphatic rings. The predicted molar refractivity (Wildman–Crippen MR) is 84.1 cm³/mol. The standard InChI is InChI=1S/C17H16FNO5/c1-3-24-17(23)11-7-19(9-4-5-9)14-10(15(11)21)6-12(18)13(8(2)20)16(14)22/h6-7,9,22H,3-5H2,1-2H3. The second-order valence-electron chi connectivity index (χ2n) is 5.77. The Morgan fingerprint density at radius 2 is 2.08 bits per heavy atom. The number of ketones is 1. The SMILES string of the molecule is CCOC(=O)c1cn(C2CC2)c2c(O)c(C(C)=O)c(F)cc2c1=O. The minimum Gasteiger partial charge on any atom is -0.505 e. The highest BCUT2D eigenvalue weighted by Gasteiger charge is 2.30. The van der Waals surface area contributed by atoms with Crippen LogP contribution in [0.2, 0.25) is 0 Å². The van der Waals surface area contributed by atoms with Crippen LogP contribution in [-0.4, -0.2) is 28.0 Å². The summed E-state index contributed by atoms with van der Waals surface area (Å²) in [5, 5.41) is 10.2. The Kier molecular flexibility index (Phi) is 3.87. The van der Waals surface area contributed by atoms with Crippen molar-refractivity contribution in [1.82, 2.24) is 4.57 Å². The van der Waals surface area contributed by atoms with Crippen molar-refractivity contribution in [2.45, 2.75) is 32.7 Å². The quantitative estimate of drug-likeness (QED) is 0.686. The number of esters is 1. The molecule has 0 unspecified atom stereocenters. The van der Waals surface area contributed by atoms with Crippen molar-refractivity contribution in [2.24, 2.45) is 0 Å². The first-order valence-electron chi connectivity index (χ1n) is 7.65. The van der Waals surface area contributed by atoms with Gasteiger partial charge in [-0.1, -0.05) is 0 Å². The van der Waals surface area contributed by atoms with Crippen molar-refractivity contribution in [3.8, 4) is 5.75 Å². The monoisotopic (exact) mass is 333 g/mol. The molecular weight excluding hydrogens is 317 g/mol. The van der Waals surface area contributed by atoms with Gasteiger partial charge in [0.05, 0.1) is 23.1 Å². The van der Waals surface area contributed by atoms with Gasteiger partial charge < -0.3 is 14.4 Å². The third-order valence-electron chi connectivity index (χ3n) is 4.03. The normalized spacial score (nSPS) is 14.0. The number of aromatic nitrogens is 1. The van der Waals surface area contributed by atoms with Crippen molar-refractivity contribution in [3.63, 3.8) is 0 Å². The number of benzene rings is 1. The Balaban J connectivity index is 2.41. The van der Waals surface area contributed by atoms with Crippen LogP contribution in [0.4, 0.5) is 4.39 Å². The first-order chi connectivity index (χ1) is 11.4. The van der Waals surface area contributed by atoms with Crippen LogP contribution in [0.3, 0.4) is 0 Å². The average molecular weight is 333 g/mol. The minimum atomic E-state index is -0.993. The number of rotatable bonds is 4. The fourth-order valence-corrected chi connectivity index (χ4v) is 2.80. The molecule has 0 atom stereocenters. The fourth-order valence-electron chi connectivity index (χ4n) is 2.80. The van der Waals surface area contributed by atoms with E-state index in [1.165, 1.54) is 6.20 Å². The number of hydrogen-bond donors (Lipinski definition) is 1. The number of ether oxygens (including phenoxy) is 1. The number of fused-ring (bicyclic) bond motifs is 1. The summed E-state index contributed by atoms with van der Waals surface area (Å²) in [6.07, 6.45) is 2.92. The van der Waals surface area contributed by atoms with Crippen LogP contribution in [0.5, 0.6) is 5.75 Å². The maximum absolute atomic E-state index is 14.2. The van der Waals surface area contributed by atoms with Crippen molar-refractivity contribution >= 4 is 22.7 Å². The highest BCUT2D eigenvalue weighted by molar-refractivity contribution is 6.04. The van der Waals surface area contributed by atoms with E-state index in [4.69, 9.17) is 4.74 Å². The number of aromatic hydroxyl groups is 1. The van der Waals surface area contributed by atoms with Crippen molar-refractivity contribution in [3.05, 3.63) is 39.4 Å². The Hall–Kier alpha value is -2.70. The van der Waals surface area contributed by atoms with Crippen LogP contribution in [0, 0.1) is 5.82 Å². The van der Waals surface area contributed by atoms with Crippen LogP contribution in [0.15, 0.2) is 17.1 Å². The topological polar surface area (TPSA) is 85.6 Å². The molecule has 1 aromatic heterocycles. The molecule has 1 fully saturated rings. The lowest BCUT2D eigenvalue weighted by atomic mass is 10.0. The average Bonchev–Trinajstić information content (AvgIpc) is 3.32. The third kappa shape index (κ3) is 2.46. The molecule has 1 N–H and O–H groups in total. The lowest BCUT2D eigenvalue weighted by molar-refractivity contribution is 0.0524. The smallest absolute Gasteiger partial charge is 0.343 e. The van der Waals surface area contributed by atoms with Crippen molar-refractivity contribution in [2.75, 3.05) is 6.61 Å². The van der Waals surface area contributed by atoms with E-state index in [0.717, 1.165) is 25.8 Å². The molecule has 6 nitrogen and oxygen atoms in total. The molecule has 1 aromatic carbocycles. The van der Waals surface area contributed by atoms with E-state index >= 15 is 0 Å². The molecule has 24 heavy (non-hydrogen) atoms. The molecule has 0 spiro atoms. The minimum absolute atomic E-state index is 0.0163. The van der Waals surface area contributed by atoms with E-state index in [1.54, 1.807) is 11.5 Å². The number of carbonyl (C=O) groups is 2. The molecule has 0 amide bonds. The van der Waals surface area contributed by atoms with E-state index in [-0.39, 0.29) is 29.1 Å². The molecule has 126 valence electrons. The summed E-state index contributed by atoms with van der Waals surface area (Å²) in [5.74, 6) is -3.00. The molecule has 3 rings (SSSR count). The lowest BCUT2D eigenvalue weighted by Gasteiger charge is -2.15. The van der Waals surface area contributed by atoms with E-state index in [1.807, 2.05) is 0 Å². The number of pyridine rings is 1. The van der Waals surface area contributed by atoms with Gasteiger partial charge >= 0.3 is 5.97 Å². The Bertz CT molecular complexity index is 927. The Morgan fingerprint density at radius 1 is 1.42 bits per heavy atom. The molecule has 0 bridgehead atoms. The van der Waals surface area contributed by atoms with Crippen LogP contribution >= 0.6 is 0 Å². The third-order valence-corrected chi connectivity index (χ3v) is 4.03. The zero-order valence-corrected chi connectivity index (χ0v) is 13.3. The molecule has 0 saturated heterocycles. The largest absolute Gasteiger partial charge is 0.505 e. The van der Waals surface area contributed by atoms with Crippen LogP contribution in [0.1, 0.15) is 53.4 Å². The van der Waals surface area contributed by atoms with Crippen LogP contribution in [0.25, 0.3) is 10.9 Å². The van der Waals surface area contributed by atoms with E-state index < -0.39 is 34.3 Å². The zero-order valence-electron chi connectivity index (χ0n) is 13.3. The van der Waals surface area contributed by atoms with Gasteiger partial charge in [-0.15, -0.1) is 0 Å². The van der Waals surface area contributed by atoms with Crippen molar-refractivity contribution in [1.29, 1.82) is 0 Å². The fraction of sp³-hybridized carbons (Fsp3) is 0.353. The summed E-state index contributed by atoms with van der Waals surface area (Å²) >= 11 is 0. The molecule has 7 heteroatoms. The van der Waals surface area contributed by atoms with Gasteiger partial charge in [-0.05, 0) is 32.8 Å². The zero-order chi connectivity index (χ0) is 17.6. The van der Waals surface area contributed by atoms with Gasteiger partial charge in [-0.2, -0.15) is 0 Å². The summed E-state index contributed by atoms with van der Waals surface area (Å²) in [6, 6.07) is 0.882. The van der Waals surface area contributed by atoms with Gasteiger partial charge in [0.25, 0.3) is 0 Å². The number of hydrogen-bond acceptors (Lipinski definition) is 5. The van der Waals surface area contributed by atoms with Gasteiger partial charge in [-0.3, -0.25) is 9.59 Å². The molecule has 0 radical (unpaired) electrons. The first-order valence-corrected chi connectivity index (χ1v) is 7.65. The number of halogens is 1. The van der Waals surface area contributed by atoms with Gasteiger partial charge in [0.2, 0.25) is 5.43 Å². The highest BCUT2D eigenvalue weighted by Crippen LogP contribution is 2.40. The Morgan fingerprint density at radius 3 is 2.62 bits per heavy atom. The van der Waals surface area contributed by atoms with Gasteiger partial charge in [0, 0.05) is 12.2 Å². The maximum atomic E-state index is 14.2. The van der Waals surface area contributed by atoms with Gasteiger partial charge in [0.1, 0.15) is 11.4 Å². The summed E-state index contributed by atoms with van der Waals surface area (Å²) in [6.45, 7) is 2.85. The molecule has 1 saturated carbocycles. The molecule has 0 aliphatic heterocycles. The molecule has 2 aromatic rings. The number of phenols is 1. The Labute approximate surface area is 136 Å². The maximum Gasteiger partial charge on any atom is 0.343 e. The predicted octanol–water partition coefficient (Wildman–Crippen LogP) is 2.56. The second-order valence-corrected chi connectivity index (χ2v) is 5.77. The summed E-state index contributed by atoms with van der Waals surface area (Å²) in [4.78, 5) is 36.2.